The fourth-order valence-corrected chi connectivity index (χ4v) is 3.77. The maximum absolute atomic E-state index is 9.91. The summed E-state index contributed by atoms with van der Waals surface area (Å²) in [6.07, 6.45) is 4.95. The highest BCUT2D eigenvalue weighted by molar-refractivity contribution is 5.17. The van der Waals surface area contributed by atoms with Gasteiger partial charge in [-0.2, -0.15) is 0 Å². The van der Waals surface area contributed by atoms with Gasteiger partial charge in [-0.1, -0.05) is 32.6 Å². The molecule has 0 aliphatic heterocycles. The molecule has 90 valence electrons. The highest BCUT2D eigenvalue weighted by Gasteiger charge is 2.47. The summed E-state index contributed by atoms with van der Waals surface area (Å²) < 4.78 is 0. The van der Waals surface area contributed by atoms with E-state index in [-0.39, 0.29) is 6.10 Å². The van der Waals surface area contributed by atoms with E-state index < -0.39 is 0 Å². The SMILES string of the molecule is C=C1CCC2CC(C)(C)C2C(=C)CCC1O. The van der Waals surface area contributed by atoms with Gasteiger partial charge in [-0.25, -0.2) is 0 Å². The maximum Gasteiger partial charge on any atom is 0.0750 e. The van der Waals surface area contributed by atoms with E-state index in [0.29, 0.717) is 11.3 Å². The minimum Gasteiger partial charge on any atom is -0.389 e. The summed E-state index contributed by atoms with van der Waals surface area (Å²) in [5, 5.41) is 9.91. The van der Waals surface area contributed by atoms with Gasteiger partial charge in [0.25, 0.3) is 0 Å². The molecule has 0 heterocycles. The van der Waals surface area contributed by atoms with Crippen LogP contribution in [0.1, 0.15) is 46.0 Å². The van der Waals surface area contributed by atoms with Crippen molar-refractivity contribution < 1.29 is 5.11 Å². The predicted octanol–water partition coefficient (Wildman–Crippen LogP) is 3.70. The largest absolute Gasteiger partial charge is 0.389 e. The first-order valence-electron chi connectivity index (χ1n) is 6.45. The Balaban J connectivity index is 2.12. The second kappa shape index (κ2) is 4.03. The Bertz CT molecular complexity index is 313. The molecule has 2 saturated carbocycles. The normalized spacial score (nSPS) is 39.1. The zero-order chi connectivity index (χ0) is 11.9. The van der Waals surface area contributed by atoms with Crippen molar-refractivity contribution in [3.63, 3.8) is 0 Å². The minimum absolute atomic E-state index is 0.308. The number of fused-ring (bicyclic) bond motifs is 1. The zero-order valence-corrected chi connectivity index (χ0v) is 10.6. The van der Waals surface area contributed by atoms with Crippen LogP contribution in [0.2, 0.25) is 0 Å². The third kappa shape index (κ3) is 1.98. The van der Waals surface area contributed by atoms with E-state index in [1.807, 2.05) is 0 Å². The van der Waals surface area contributed by atoms with Crippen LogP contribution in [0.25, 0.3) is 0 Å². The molecule has 0 aromatic carbocycles. The lowest BCUT2D eigenvalue weighted by Gasteiger charge is -2.53. The Morgan fingerprint density at radius 3 is 2.38 bits per heavy atom. The summed E-state index contributed by atoms with van der Waals surface area (Å²) >= 11 is 0. The van der Waals surface area contributed by atoms with Gasteiger partial charge in [-0.3, -0.25) is 0 Å². The molecule has 0 bridgehead atoms. The fraction of sp³-hybridized carbons (Fsp3) is 0.733. The Morgan fingerprint density at radius 1 is 1.12 bits per heavy atom. The molecule has 3 unspecified atom stereocenters. The van der Waals surface area contributed by atoms with Crippen LogP contribution in [0.4, 0.5) is 0 Å². The monoisotopic (exact) mass is 220 g/mol. The predicted molar refractivity (Wildman–Crippen MR) is 68.1 cm³/mol. The molecule has 2 rings (SSSR count). The van der Waals surface area contributed by atoms with Gasteiger partial charge in [-0.05, 0) is 54.9 Å². The van der Waals surface area contributed by atoms with Gasteiger partial charge < -0.3 is 5.11 Å². The van der Waals surface area contributed by atoms with Crippen LogP contribution in [-0.2, 0) is 0 Å². The summed E-state index contributed by atoms with van der Waals surface area (Å²) in [5.41, 5.74) is 2.81. The van der Waals surface area contributed by atoms with Crippen molar-refractivity contribution in [3.8, 4) is 0 Å². The molecule has 0 amide bonds. The maximum atomic E-state index is 9.91. The van der Waals surface area contributed by atoms with Crippen LogP contribution in [0.5, 0.6) is 0 Å². The Morgan fingerprint density at radius 2 is 1.75 bits per heavy atom. The lowest BCUT2D eigenvalue weighted by atomic mass is 9.52. The molecule has 1 heteroatoms. The van der Waals surface area contributed by atoms with Crippen molar-refractivity contribution in [1.82, 2.24) is 0 Å². The minimum atomic E-state index is -0.308. The lowest BCUT2D eigenvalue weighted by molar-refractivity contribution is 0.0103. The molecule has 2 aliphatic carbocycles. The van der Waals surface area contributed by atoms with Crippen LogP contribution < -0.4 is 0 Å². The van der Waals surface area contributed by atoms with Crippen LogP contribution in [0.3, 0.4) is 0 Å². The first kappa shape index (κ1) is 11.9. The van der Waals surface area contributed by atoms with Gasteiger partial charge in [0.05, 0.1) is 6.10 Å². The Hall–Kier alpha value is -0.560. The molecule has 0 saturated heterocycles. The fourth-order valence-electron chi connectivity index (χ4n) is 3.77. The van der Waals surface area contributed by atoms with E-state index in [1.165, 1.54) is 18.4 Å². The molecule has 0 radical (unpaired) electrons. The average molecular weight is 220 g/mol. The van der Waals surface area contributed by atoms with E-state index in [9.17, 15) is 5.11 Å². The van der Waals surface area contributed by atoms with Gasteiger partial charge >= 0.3 is 0 Å². The second-order valence-corrected chi connectivity index (χ2v) is 6.34. The second-order valence-electron chi connectivity index (χ2n) is 6.34. The first-order chi connectivity index (χ1) is 7.42. The number of rotatable bonds is 0. The van der Waals surface area contributed by atoms with Crippen molar-refractivity contribution in [1.29, 1.82) is 0 Å². The van der Waals surface area contributed by atoms with Crippen molar-refractivity contribution in [2.45, 2.75) is 52.1 Å². The molecule has 0 spiro atoms. The topological polar surface area (TPSA) is 20.2 Å². The highest BCUT2D eigenvalue weighted by atomic mass is 16.3. The van der Waals surface area contributed by atoms with E-state index >= 15 is 0 Å². The van der Waals surface area contributed by atoms with E-state index in [4.69, 9.17) is 0 Å². The lowest BCUT2D eigenvalue weighted by Crippen LogP contribution is -2.44. The standard InChI is InChI=1S/C15H24O/c1-10-5-7-12-9-15(3,4)14(12)11(2)6-8-13(10)16/h12-14,16H,1-2,5-9H2,3-4H3. The van der Waals surface area contributed by atoms with Crippen LogP contribution >= 0.6 is 0 Å². The van der Waals surface area contributed by atoms with Crippen molar-refractivity contribution in [3.05, 3.63) is 24.3 Å². The van der Waals surface area contributed by atoms with Crippen molar-refractivity contribution >= 4 is 0 Å². The molecule has 1 nitrogen and oxygen atoms in total. The van der Waals surface area contributed by atoms with E-state index in [0.717, 1.165) is 30.8 Å². The smallest absolute Gasteiger partial charge is 0.0750 e. The van der Waals surface area contributed by atoms with E-state index in [2.05, 4.69) is 27.0 Å². The third-order valence-electron chi connectivity index (χ3n) is 4.59. The number of allylic oxidation sites excluding steroid dienone is 1. The molecule has 16 heavy (non-hydrogen) atoms. The summed E-state index contributed by atoms with van der Waals surface area (Å²) in [6.45, 7) is 13.0. The summed E-state index contributed by atoms with van der Waals surface area (Å²) in [4.78, 5) is 0. The third-order valence-corrected chi connectivity index (χ3v) is 4.59. The van der Waals surface area contributed by atoms with Crippen LogP contribution in [0.15, 0.2) is 24.3 Å². The van der Waals surface area contributed by atoms with E-state index in [1.54, 1.807) is 0 Å². The summed E-state index contributed by atoms with van der Waals surface area (Å²) in [6, 6.07) is 0. The molecule has 2 aliphatic rings. The Kier molecular flexibility index (Phi) is 3.00. The van der Waals surface area contributed by atoms with Crippen LogP contribution in [0, 0.1) is 17.3 Å². The van der Waals surface area contributed by atoms with Gasteiger partial charge in [0.1, 0.15) is 0 Å². The molecule has 3 atom stereocenters. The highest BCUT2D eigenvalue weighted by Crippen LogP contribution is 2.56. The number of aliphatic hydroxyl groups excluding tert-OH is 1. The first-order valence-corrected chi connectivity index (χ1v) is 6.45. The average Bonchev–Trinajstić information content (AvgIpc) is 2.22. The van der Waals surface area contributed by atoms with Gasteiger partial charge in [-0.15, -0.1) is 0 Å². The molecule has 0 aromatic rings. The van der Waals surface area contributed by atoms with Gasteiger partial charge in [0, 0.05) is 0 Å². The van der Waals surface area contributed by atoms with Crippen LogP contribution in [-0.4, -0.2) is 11.2 Å². The number of hydrogen-bond donors (Lipinski definition) is 1. The Labute approximate surface area is 99.3 Å². The molecule has 1 N–H and O–H groups in total. The molecule has 0 aromatic heterocycles. The molecular weight excluding hydrogens is 196 g/mol. The number of hydrogen-bond acceptors (Lipinski definition) is 1. The summed E-state index contributed by atoms with van der Waals surface area (Å²) in [5.74, 6) is 1.45. The quantitative estimate of drug-likeness (QED) is 0.617. The molecule has 2 fully saturated rings. The van der Waals surface area contributed by atoms with Crippen molar-refractivity contribution in [2.24, 2.45) is 17.3 Å². The summed E-state index contributed by atoms with van der Waals surface area (Å²) in [7, 11) is 0. The van der Waals surface area contributed by atoms with Crippen molar-refractivity contribution in [2.75, 3.05) is 0 Å². The number of aliphatic hydroxyl groups is 1. The van der Waals surface area contributed by atoms with Gasteiger partial charge in [0.2, 0.25) is 0 Å². The zero-order valence-electron chi connectivity index (χ0n) is 10.6. The van der Waals surface area contributed by atoms with Gasteiger partial charge in [0.15, 0.2) is 0 Å². The molecular formula is C15H24O.